The minimum atomic E-state index is 0.0357. The molecule has 0 spiro atoms. The maximum Gasteiger partial charge on any atom is 0.258 e. The van der Waals surface area contributed by atoms with Gasteiger partial charge in [-0.15, -0.1) is 0 Å². The first kappa shape index (κ1) is 19.0. The van der Waals surface area contributed by atoms with Gasteiger partial charge in [-0.3, -0.25) is 4.79 Å². The zero-order chi connectivity index (χ0) is 19.2. The van der Waals surface area contributed by atoms with Gasteiger partial charge in [0.1, 0.15) is 23.8 Å². The third-order valence-electron chi connectivity index (χ3n) is 5.03. The Bertz CT molecular complexity index is 786. The fraction of sp³-hybridized carbons (Fsp3) is 0.381. The second-order valence-corrected chi connectivity index (χ2v) is 6.60. The number of nitrogens with one attached hydrogen (secondary N) is 1. The van der Waals surface area contributed by atoms with Crippen molar-refractivity contribution >= 4 is 5.91 Å². The van der Waals surface area contributed by atoms with Crippen LogP contribution >= 0.6 is 0 Å². The molecule has 1 aliphatic rings. The number of carbonyl (C=O) groups excluding carboxylic acids is 1. The zero-order valence-corrected chi connectivity index (χ0v) is 16.2. The van der Waals surface area contributed by atoms with E-state index in [1.54, 1.807) is 21.3 Å². The molecule has 0 atom stereocenters. The molecule has 144 valence electrons. The molecule has 6 nitrogen and oxygen atoms in total. The van der Waals surface area contributed by atoms with Crippen LogP contribution in [0.1, 0.15) is 15.9 Å². The van der Waals surface area contributed by atoms with E-state index < -0.39 is 0 Å². The monoisotopic (exact) mass is 371 g/mol. The average Bonchev–Trinajstić information content (AvgIpc) is 2.74. The normalized spacial score (nSPS) is 14.7. The molecule has 2 aromatic carbocycles. The Morgan fingerprint density at radius 2 is 1.67 bits per heavy atom. The van der Waals surface area contributed by atoms with E-state index in [1.165, 1.54) is 4.90 Å². The lowest BCUT2D eigenvalue weighted by Crippen LogP contribution is -3.13. The number of quaternary nitrogens is 1. The third kappa shape index (κ3) is 4.34. The summed E-state index contributed by atoms with van der Waals surface area (Å²) in [6.45, 7) is 4.12. The van der Waals surface area contributed by atoms with E-state index in [2.05, 4.69) is 6.07 Å². The largest absolute Gasteiger partial charge is 0.497 e. The predicted octanol–water partition coefficient (Wildman–Crippen LogP) is 1.25. The van der Waals surface area contributed by atoms with Crippen LogP contribution in [-0.4, -0.2) is 58.3 Å². The summed E-state index contributed by atoms with van der Waals surface area (Å²) in [5.41, 5.74) is 1.78. The second kappa shape index (κ2) is 8.77. The molecule has 6 heteroatoms. The van der Waals surface area contributed by atoms with Crippen molar-refractivity contribution < 1.29 is 23.9 Å². The van der Waals surface area contributed by atoms with E-state index in [9.17, 15) is 4.79 Å². The molecule has 2 aromatic rings. The van der Waals surface area contributed by atoms with Gasteiger partial charge < -0.3 is 24.0 Å². The van der Waals surface area contributed by atoms with Crippen LogP contribution in [0, 0.1) is 0 Å². The minimum Gasteiger partial charge on any atom is -0.497 e. The van der Waals surface area contributed by atoms with Gasteiger partial charge >= 0.3 is 0 Å². The van der Waals surface area contributed by atoms with E-state index in [0.29, 0.717) is 11.3 Å². The van der Waals surface area contributed by atoms with Crippen LogP contribution in [0.15, 0.2) is 42.5 Å². The molecule has 0 aliphatic carbocycles. The maximum absolute atomic E-state index is 12.8. The van der Waals surface area contributed by atoms with Crippen molar-refractivity contribution in [2.24, 2.45) is 0 Å². The maximum atomic E-state index is 12.8. The molecule has 0 radical (unpaired) electrons. The highest BCUT2D eigenvalue weighted by Gasteiger charge is 2.26. The Hall–Kier alpha value is -2.73. The Morgan fingerprint density at radius 3 is 2.33 bits per heavy atom. The highest BCUT2D eigenvalue weighted by atomic mass is 16.5. The number of carbonyl (C=O) groups is 1. The highest BCUT2D eigenvalue weighted by molar-refractivity contribution is 5.97. The lowest BCUT2D eigenvalue weighted by Gasteiger charge is -2.32. The number of rotatable bonds is 6. The average molecular weight is 371 g/mol. The van der Waals surface area contributed by atoms with Crippen LogP contribution in [0.5, 0.6) is 17.2 Å². The summed E-state index contributed by atoms with van der Waals surface area (Å²) < 4.78 is 16.1. The topological polar surface area (TPSA) is 52.4 Å². The molecule has 1 heterocycles. The third-order valence-corrected chi connectivity index (χ3v) is 5.03. The molecule has 1 fully saturated rings. The first-order valence-electron chi connectivity index (χ1n) is 9.13. The molecule has 1 N–H and O–H groups in total. The van der Waals surface area contributed by atoms with Gasteiger partial charge in [0.2, 0.25) is 0 Å². The zero-order valence-electron chi connectivity index (χ0n) is 16.2. The number of nitrogens with zero attached hydrogens (tertiary/aromatic N) is 1. The summed E-state index contributed by atoms with van der Waals surface area (Å²) in [7, 11) is 4.92. The molecule has 0 aromatic heterocycles. The van der Waals surface area contributed by atoms with Crippen LogP contribution in [0.4, 0.5) is 0 Å². The van der Waals surface area contributed by atoms with Gasteiger partial charge in [0, 0.05) is 11.6 Å². The first-order chi connectivity index (χ1) is 13.2. The van der Waals surface area contributed by atoms with Crippen molar-refractivity contribution in [2.45, 2.75) is 6.54 Å². The van der Waals surface area contributed by atoms with Crippen molar-refractivity contribution in [3.05, 3.63) is 53.6 Å². The van der Waals surface area contributed by atoms with Crippen LogP contribution in [0.25, 0.3) is 0 Å². The summed E-state index contributed by atoms with van der Waals surface area (Å²) in [6, 6.07) is 13.3. The van der Waals surface area contributed by atoms with E-state index in [0.717, 1.165) is 49.8 Å². The summed E-state index contributed by atoms with van der Waals surface area (Å²) in [6.07, 6.45) is 0. The molecule has 0 bridgehead atoms. The Kier molecular flexibility index (Phi) is 6.19. The highest BCUT2D eigenvalue weighted by Crippen LogP contribution is 2.24. The van der Waals surface area contributed by atoms with Gasteiger partial charge in [-0.25, -0.2) is 0 Å². The van der Waals surface area contributed by atoms with E-state index >= 15 is 0 Å². The SMILES string of the molecule is COc1ccc(C[NH+]2CCN(C(=O)c3ccccc3OC)CC2)c(OC)c1. The summed E-state index contributed by atoms with van der Waals surface area (Å²) in [5.74, 6) is 2.29. The van der Waals surface area contributed by atoms with Gasteiger partial charge in [-0.1, -0.05) is 12.1 Å². The number of methoxy groups -OCH3 is 3. The number of piperazine rings is 1. The summed E-state index contributed by atoms with van der Waals surface area (Å²) >= 11 is 0. The number of amides is 1. The Labute approximate surface area is 160 Å². The summed E-state index contributed by atoms with van der Waals surface area (Å²) in [5, 5.41) is 0. The standard InChI is InChI=1S/C21H26N2O4/c1-25-17-9-8-16(20(14-17)27-3)15-22-10-12-23(13-11-22)21(24)18-6-4-5-7-19(18)26-2/h4-9,14H,10-13,15H2,1-3H3/p+1. The smallest absolute Gasteiger partial charge is 0.258 e. The molecule has 3 rings (SSSR count). The number of ether oxygens (including phenoxy) is 3. The van der Waals surface area contributed by atoms with Crippen LogP contribution in [0.2, 0.25) is 0 Å². The summed E-state index contributed by atoms with van der Waals surface area (Å²) in [4.78, 5) is 16.2. The first-order valence-corrected chi connectivity index (χ1v) is 9.13. The molecule has 27 heavy (non-hydrogen) atoms. The lowest BCUT2D eigenvalue weighted by molar-refractivity contribution is -0.917. The molecule has 1 aliphatic heterocycles. The predicted molar refractivity (Wildman–Crippen MR) is 103 cm³/mol. The molecular formula is C21H27N2O4+. The number of hydrogen-bond donors (Lipinski definition) is 1. The van der Waals surface area contributed by atoms with Gasteiger partial charge in [-0.05, 0) is 24.3 Å². The molecule has 0 unspecified atom stereocenters. The van der Waals surface area contributed by atoms with E-state index in [4.69, 9.17) is 14.2 Å². The van der Waals surface area contributed by atoms with Crippen molar-refractivity contribution in [3.8, 4) is 17.2 Å². The number of hydrogen-bond acceptors (Lipinski definition) is 4. The number of para-hydroxylation sites is 1. The van der Waals surface area contributed by atoms with Crippen LogP contribution < -0.4 is 19.1 Å². The number of benzene rings is 2. The Balaban J connectivity index is 1.61. The fourth-order valence-electron chi connectivity index (χ4n) is 3.46. The Morgan fingerprint density at radius 1 is 0.963 bits per heavy atom. The molecule has 1 saturated heterocycles. The van der Waals surface area contributed by atoms with Crippen molar-refractivity contribution in [2.75, 3.05) is 47.5 Å². The van der Waals surface area contributed by atoms with Crippen molar-refractivity contribution in [1.82, 2.24) is 4.90 Å². The minimum absolute atomic E-state index is 0.0357. The fourth-order valence-corrected chi connectivity index (χ4v) is 3.46. The van der Waals surface area contributed by atoms with Gasteiger partial charge in [0.05, 0.1) is 53.1 Å². The van der Waals surface area contributed by atoms with Gasteiger partial charge in [0.25, 0.3) is 5.91 Å². The molecule has 1 amide bonds. The van der Waals surface area contributed by atoms with Crippen molar-refractivity contribution in [3.63, 3.8) is 0 Å². The molecular weight excluding hydrogens is 344 g/mol. The van der Waals surface area contributed by atoms with Gasteiger partial charge in [-0.2, -0.15) is 0 Å². The van der Waals surface area contributed by atoms with E-state index in [-0.39, 0.29) is 5.91 Å². The second-order valence-electron chi connectivity index (χ2n) is 6.60. The van der Waals surface area contributed by atoms with Gasteiger partial charge in [0.15, 0.2) is 0 Å². The lowest BCUT2D eigenvalue weighted by atomic mass is 10.1. The molecule has 0 saturated carbocycles. The van der Waals surface area contributed by atoms with Crippen LogP contribution in [0.3, 0.4) is 0 Å². The van der Waals surface area contributed by atoms with Crippen molar-refractivity contribution in [1.29, 1.82) is 0 Å². The van der Waals surface area contributed by atoms with Crippen LogP contribution in [-0.2, 0) is 6.54 Å². The van der Waals surface area contributed by atoms with E-state index in [1.807, 2.05) is 41.3 Å². The quantitative estimate of drug-likeness (QED) is 0.831.